The van der Waals surface area contributed by atoms with Crippen LogP contribution in [0.5, 0.6) is 5.88 Å². The summed E-state index contributed by atoms with van der Waals surface area (Å²) in [5, 5.41) is 4.20. The Morgan fingerprint density at radius 1 is 1.20 bits per heavy atom. The van der Waals surface area contributed by atoms with Crippen LogP contribution in [0.3, 0.4) is 0 Å². The van der Waals surface area contributed by atoms with Crippen molar-refractivity contribution in [3.8, 4) is 17.3 Å². The highest BCUT2D eigenvalue weighted by Crippen LogP contribution is 2.31. The summed E-state index contributed by atoms with van der Waals surface area (Å²) in [7, 11) is 1.60. The molecule has 0 bridgehead atoms. The third-order valence-electron chi connectivity index (χ3n) is 4.68. The standard InChI is InChI=1S/C18H21N5O2/c1-24-15-11-14(7-8-19-15)18-20-9-10-23(18)12-16-21-17(22-25-16)13-5-3-2-4-6-13/h7-11,13H,2-6,12H2,1H3. The lowest BCUT2D eigenvalue weighted by molar-refractivity contribution is 0.353. The van der Waals surface area contributed by atoms with Crippen LogP contribution in [0.4, 0.5) is 0 Å². The Balaban J connectivity index is 1.54. The molecule has 1 saturated carbocycles. The van der Waals surface area contributed by atoms with Crippen LogP contribution in [0.2, 0.25) is 0 Å². The first-order valence-electron chi connectivity index (χ1n) is 8.67. The van der Waals surface area contributed by atoms with Crippen molar-refractivity contribution in [1.29, 1.82) is 0 Å². The molecular formula is C18H21N5O2. The molecule has 7 heteroatoms. The molecule has 0 unspecified atom stereocenters. The Morgan fingerprint density at radius 2 is 2.08 bits per heavy atom. The number of pyridine rings is 1. The second-order valence-corrected chi connectivity index (χ2v) is 6.35. The molecule has 0 aliphatic heterocycles. The molecule has 0 amide bonds. The van der Waals surface area contributed by atoms with Crippen LogP contribution in [0.25, 0.3) is 11.4 Å². The van der Waals surface area contributed by atoms with Crippen LogP contribution in [0.1, 0.15) is 49.7 Å². The first-order valence-corrected chi connectivity index (χ1v) is 8.67. The Bertz CT molecular complexity index is 835. The van der Waals surface area contributed by atoms with Gasteiger partial charge in [-0.05, 0) is 18.9 Å². The van der Waals surface area contributed by atoms with Crippen molar-refractivity contribution in [2.45, 2.75) is 44.6 Å². The minimum atomic E-state index is 0.443. The molecule has 0 saturated heterocycles. The first-order chi connectivity index (χ1) is 12.3. The minimum absolute atomic E-state index is 0.443. The summed E-state index contributed by atoms with van der Waals surface area (Å²) in [6.07, 6.45) is 11.5. The fraction of sp³-hybridized carbons (Fsp3) is 0.444. The fourth-order valence-corrected chi connectivity index (χ4v) is 3.36. The van der Waals surface area contributed by atoms with E-state index < -0.39 is 0 Å². The SMILES string of the molecule is COc1cc(-c2nccn2Cc2nc(C3CCCCC3)no2)ccn1. The summed E-state index contributed by atoms with van der Waals surface area (Å²) in [5.74, 6) is 3.28. The molecule has 25 heavy (non-hydrogen) atoms. The van der Waals surface area contributed by atoms with E-state index in [1.807, 2.05) is 22.9 Å². The van der Waals surface area contributed by atoms with Gasteiger partial charge >= 0.3 is 0 Å². The number of ether oxygens (including phenoxy) is 1. The zero-order chi connectivity index (χ0) is 17.1. The quantitative estimate of drug-likeness (QED) is 0.708. The van der Waals surface area contributed by atoms with Crippen molar-refractivity contribution in [2.75, 3.05) is 7.11 Å². The normalized spacial score (nSPS) is 15.4. The third kappa shape index (κ3) is 3.40. The number of aromatic nitrogens is 5. The van der Waals surface area contributed by atoms with Crippen molar-refractivity contribution >= 4 is 0 Å². The van der Waals surface area contributed by atoms with Crippen LogP contribution >= 0.6 is 0 Å². The number of rotatable bonds is 5. The second-order valence-electron chi connectivity index (χ2n) is 6.35. The van der Waals surface area contributed by atoms with Gasteiger partial charge in [0.1, 0.15) is 12.4 Å². The van der Waals surface area contributed by atoms with Gasteiger partial charge in [0.15, 0.2) is 5.82 Å². The maximum atomic E-state index is 5.48. The average molecular weight is 339 g/mol. The Hall–Kier alpha value is -2.70. The number of methoxy groups -OCH3 is 1. The number of hydrogen-bond acceptors (Lipinski definition) is 6. The van der Waals surface area contributed by atoms with Crippen LogP contribution in [0.15, 0.2) is 35.2 Å². The van der Waals surface area contributed by atoms with E-state index in [9.17, 15) is 0 Å². The molecule has 130 valence electrons. The average Bonchev–Trinajstić information content (AvgIpc) is 3.32. The van der Waals surface area contributed by atoms with Gasteiger partial charge in [0.2, 0.25) is 11.8 Å². The van der Waals surface area contributed by atoms with Gasteiger partial charge in [-0.25, -0.2) is 9.97 Å². The van der Waals surface area contributed by atoms with Crippen molar-refractivity contribution in [3.05, 3.63) is 42.4 Å². The van der Waals surface area contributed by atoms with E-state index in [0.29, 0.717) is 24.2 Å². The van der Waals surface area contributed by atoms with Crippen molar-refractivity contribution in [2.24, 2.45) is 0 Å². The van der Waals surface area contributed by atoms with Crippen LogP contribution in [0, 0.1) is 0 Å². The zero-order valence-electron chi connectivity index (χ0n) is 14.3. The Labute approximate surface area is 146 Å². The predicted molar refractivity (Wildman–Crippen MR) is 91.2 cm³/mol. The molecule has 4 rings (SSSR count). The van der Waals surface area contributed by atoms with Crippen LogP contribution in [-0.4, -0.2) is 31.8 Å². The van der Waals surface area contributed by atoms with E-state index >= 15 is 0 Å². The molecule has 1 aliphatic carbocycles. The topological polar surface area (TPSA) is 78.9 Å². The number of nitrogens with zero attached hydrogens (tertiary/aromatic N) is 5. The van der Waals surface area contributed by atoms with Gasteiger partial charge in [0.05, 0.1) is 7.11 Å². The highest BCUT2D eigenvalue weighted by molar-refractivity contribution is 5.56. The zero-order valence-corrected chi connectivity index (χ0v) is 14.3. The molecule has 0 atom stereocenters. The van der Waals surface area contributed by atoms with Gasteiger partial charge in [0.25, 0.3) is 0 Å². The predicted octanol–water partition coefficient (Wildman–Crippen LogP) is 3.43. The molecule has 0 aromatic carbocycles. The molecule has 1 fully saturated rings. The van der Waals surface area contributed by atoms with Gasteiger partial charge in [-0.1, -0.05) is 24.4 Å². The number of imidazole rings is 1. The van der Waals surface area contributed by atoms with E-state index in [1.54, 1.807) is 19.5 Å². The Morgan fingerprint density at radius 3 is 2.92 bits per heavy atom. The molecule has 3 heterocycles. The van der Waals surface area contributed by atoms with Gasteiger partial charge in [0, 0.05) is 36.1 Å². The van der Waals surface area contributed by atoms with Gasteiger partial charge in [-0.3, -0.25) is 0 Å². The highest BCUT2D eigenvalue weighted by atomic mass is 16.5. The molecule has 0 N–H and O–H groups in total. The summed E-state index contributed by atoms with van der Waals surface area (Å²) in [4.78, 5) is 13.2. The lowest BCUT2D eigenvalue weighted by Crippen LogP contribution is -2.07. The van der Waals surface area contributed by atoms with Crippen molar-refractivity contribution in [1.82, 2.24) is 24.7 Å². The van der Waals surface area contributed by atoms with E-state index in [0.717, 1.165) is 30.1 Å². The van der Waals surface area contributed by atoms with Gasteiger partial charge < -0.3 is 13.8 Å². The summed E-state index contributed by atoms with van der Waals surface area (Å²) in [6, 6.07) is 3.77. The maximum absolute atomic E-state index is 5.48. The van der Waals surface area contributed by atoms with E-state index in [-0.39, 0.29) is 0 Å². The monoisotopic (exact) mass is 339 g/mol. The second kappa shape index (κ2) is 7.04. The maximum Gasteiger partial charge on any atom is 0.246 e. The smallest absolute Gasteiger partial charge is 0.246 e. The largest absolute Gasteiger partial charge is 0.481 e. The molecule has 7 nitrogen and oxygen atoms in total. The molecule has 0 spiro atoms. The summed E-state index contributed by atoms with van der Waals surface area (Å²) < 4.78 is 12.7. The first kappa shape index (κ1) is 15.8. The number of hydrogen-bond donors (Lipinski definition) is 0. The van der Waals surface area contributed by atoms with E-state index in [2.05, 4.69) is 20.1 Å². The van der Waals surface area contributed by atoms with Gasteiger partial charge in [-0.2, -0.15) is 4.98 Å². The van der Waals surface area contributed by atoms with E-state index in [1.165, 1.54) is 19.3 Å². The van der Waals surface area contributed by atoms with Gasteiger partial charge in [-0.15, -0.1) is 0 Å². The molecule has 3 aromatic heterocycles. The van der Waals surface area contributed by atoms with Crippen LogP contribution < -0.4 is 4.74 Å². The fourth-order valence-electron chi connectivity index (χ4n) is 3.36. The minimum Gasteiger partial charge on any atom is -0.481 e. The van der Waals surface area contributed by atoms with Crippen LogP contribution in [-0.2, 0) is 6.54 Å². The van der Waals surface area contributed by atoms with Crippen molar-refractivity contribution < 1.29 is 9.26 Å². The van der Waals surface area contributed by atoms with E-state index in [4.69, 9.17) is 9.26 Å². The lowest BCUT2D eigenvalue weighted by atomic mass is 9.89. The third-order valence-corrected chi connectivity index (χ3v) is 4.68. The lowest BCUT2D eigenvalue weighted by Gasteiger charge is -2.17. The molecule has 3 aromatic rings. The molecular weight excluding hydrogens is 318 g/mol. The highest BCUT2D eigenvalue weighted by Gasteiger charge is 2.21. The summed E-state index contributed by atoms with van der Waals surface area (Å²) >= 11 is 0. The van der Waals surface area contributed by atoms with Crippen molar-refractivity contribution in [3.63, 3.8) is 0 Å². The summed E-state index contributed by atoms with van der Waals surface area (Å²) in [5.41, 5.74) is 0.934. The molecule has 0 radical (unpaired) electrons. The summed E-state index contributed by atoms with van der Waals surface area (Å²) in [6.45, 7) is 0.500. The Kier molecular flexibility index (Phi) is 4.45. The molecule has 1 aliphatic rings.